The molecule has 0 aliphatic carbocycles. The molecule has 3 aliphatic heterocycles. The van der Waals surface area contributed by atoms with Gasteiger partial charge in [-0.05, 0) is 141 Å². The first kappa shape index (κ1) is 64.0. The molecule has 79 heavy (non-hydrogen) atoms. The number of carboxylic acid groups (broad SMARTS) is 1. The second-order valence-corrected chi connectivity index (χ2v) is 21.9. The fourth-order valence-electron chi connectivity index (χ4n) is 7.11. The van der Waals surface area contributed by atoms with Crippen LogP contribution in [0.1, 0.15) is 81.2 Å². The highest BCUT2D eigenvalue weighted by atomic mass is 79.9. The largest absolute Gasteiger partial charge is 0.496 e. The molecule has 416 valence electrons. The molecule has 0 bridgehead atoms. The maximum absolute atomic E-state index is 12.2. The maximum atomic E-state index is 12.2. The highest BCUT2D eigenvalue weighted by molar-refractivity contribution is 9.08. The number of anilines is 3. The molecular formula is C54H56BBrCl6N10O7. The molecule has 0 spiro atoms. The molecule has 0 saturated carbocycles. The van der Waals surface area contributed by atoms with Crippen molar-refractivity contribution in [2.45, 2.75) is 82.8 Å². The fraction of sp³-hybridized carbons (Fsp3) is 0.278. The standard InChI is InChI=1S/C18H16Cl2N4O2.C12H10Cl2N2.C11H17BN2O2.C7H5BrCl2.C6H8N2O3/c1-24-17(25)5-3-15(23-24)18(26)22-16-4-2-11(10-21-16)6-12-7-13(19)9-14(20)8-12;13-10-4-9(5-11(14)6-10)3-8-1-2-12(15)16-7-8;1-10(2)11(3,4)16-12(15-10)8-5-6-9(13)14-7-8;8-4-5-1-6(9)3-7(10)2-5;1-8-5(9)3-2-4(7-8)6(10)11/h2,4,7-10H,3,5-6H2,1H3,(H,21,22,26);1-2,4-7H,3H2,(H2,15,16);5-7H,1-4H3,(H2,13,14);1-3H,4H2;2-3H2,1H3,(H,10,11). The van der Waals surface area contributed by atoms with Crippen molar-refractivity contribution in [2.75, 3.05) is 30.9 Å². The normalized spacial score (nSPS) is 15.1. The minimum absolute atomic E-state index is 0.0482. The van der Waals surface area contributed by atoms with Crippen molar-refractivity contribution < 1.29 is 33.6 Å². The number of rotatable bonds is 9. The molecule has 3 amide bonds. The van der Waals surface area contributed by atoms with E-state index in [4.69, 9.17) is 95.5 Å². The van der Waals surface area contributed by atoms with Gasteiger partial charge in [0.15, 0.2) is 0 Å². The minimum atomic E-state index is -1.05. The van der Waals surface area contributed by atoms with E-state index in [1.54, 1.807) is 55.0 Å². The Labute approximate surface area is 497 Å². The predicted molar refractivity (Wildman–Crippen MR) is 320 cm³/mol. The number of nitrogens with one attached hydrogen (secondary N) is 1. The van der Waals surface area contributed by atoms with Gasteiger partial charge in [0.05, 0.1) is 11.2 Å². The van der Waals surface area contributed by atoms with E-state index in [0.29, 0.717) is 66.1 Å². The first-order valence-electron chi connectivity index (χ1n) is 24.0. The van der Waals surface area contributed by atoms with Crippen molar-refractivity contribution in [3.63, 3.8) is 0 Å². The fourth-order valence-corrected chi connectivity index (χ4v) is 9.15. The number of aliphatic carboxylic acids is 1. The summed E-state index contributed by atoms with van der Waals surface area (Å²) in [4.78, 5) is 57.1. The Morgan fingerprint density at radius 2 is 1.00 bits per heavy atom. The third-order valence-electron chi connectivity index (χ3n) is 11.9. The number of alkyl halides is 1. The average Bonchev–Trinajstić information content (AvgIpc) is 3.71. The molecule has 3 aromatic heterocycles. The van der Waals surface area contributed by atoms with Gasteiger partial charge >= 0.3 is 13.1 Å². The van der Waals surface area contributed by atoms with Crippen LogP contribution in [-0.4, -0.2) is 97.6 Å². The summed E-state index contributed by atoms with van der Waals surface area (Å²) in [5, 5.41) is 25.6. The number of pyridine rings is 3. The Kier molecular flexibility index (Phi) is 23.9. The number of aromatic nitrogens is 3. The molecule has 3 aliphatic rings. The van der Waals surface area contributed by atoms with Crippen LogP contribution in [0, 0.1) is 0 Å². The van der Waals surface area contributed by atoms with Crippen LogP contribution in [0.15, 0.2) is 120 Å². The smallest absolute Gasteiger partial charge is 0.477 e. The lowest BCUT2D eigenvalue weighted by molar-refractivity contribution is -0.132. The van der Waals surface area contributed by atoms with Gasteiger partial charge in [-0.1, -0.05) is 104 Å². The van der Waals surface area contributed by atoms with E-state index in [0.717, 1.165) is 50.0 Å². The van der Waals surface area contributed by atoms with Crippen molar-refractivity contribution in [3.8, 4) is 0 Å². The Balaban J connectivity index is 0.000000190. The third-order valence-corrected chi connectivity index (χ3v) is 13.9. The van der Waals surface area contributed by atoms with Gasteiger partial charge in [-0.3, -0.25) is 14.4 Å². The van der Waals surface area contributed by atoms with E-state index in [1.807, 2.05) is 82.3 Å². The van der Waals surface area contributed by atoms with E-state index in [-0.39, 0.29) is 61.0 Å². The summed E-state index contributed by atoms with van der Waals surface area (Å²) in [5.41, 5.74) is 16.8. The highest BCUT2D eigenvalue weighted by Crippen LogP contribution is 2.36. The Bertz CT molecular complexity index is 3100. The van der Waals surface area contributed by atoms with Crippen LogP contribution in [-0.2, 0) is 46.7 Å². The second kappa shape index (κ2) is 29.6. The quantitative estimate of drug-likeness (QED) is 0.0781. The van der Waals surface area contributed by atoms with Crippen molar-refractivity contribution in [1.29, 1.82) is 0 Å². The third kappa shape index (κ3) is 20.6. The number of nitrogens with zero attached hydrogens (tertiary/aromatic N) is 7. The Morgan fingerprint density at radius 1 is 0.595 bits per heavy atom. The summed E-state index contributed by atoms with van der Waals surface area (Å²) in [6.45, 7) is 8.10. The molecule has 1 fully saturated rings. The number of nitrogen functional groups attached to an aromatic ring is 2. The number of benzene rings is 3. The van der Waals surface area contributed by atoms with E-state index in [1.165, 1.54) is 19.1 Å². The molecule has 6 N–H and O–H groups in total. The monoisotopic (exact) mass is 1260 g/mol. The topological polar surface area (TPSA) is 241 Å². The lowest BCUT2D eigenvalue weighted by atomic mass is 9.80. The molecule has 9 rings (SSSR count). The number of halogens is 7. The zero-order chi connectivity index (χ0) is 58.2. The number of hydrogen-bond donors (Lipinski definition) is 4. The molecule has 1 saturated heterocycles. The van der Waals surface area contributed by atoms with Gasteiger partial charge in [0.2, 0.25) is 11.8 Å². The molecule has 17 nitrogen and oxygen atoms in total. The van der Waals surface area contributed by atoms with Crippen LogP contribution in [0.3, 0.4) is 0 Å². The van der Waals surface area contributed by atoms with Gasteiger partial charge in [-0.15, -0.1) is 0 Å². The summed E-state index contributed by atoms with van der Waals surface area (Å²) >= 11 is 38.6. The van der Waals surface area contributed by atoms with Gasteiger partial charge in [-0.2, -0.15) is 10.2 Å². The highest BCUT2D eigenvalue weighted by Gasteiger charge is 2.51. The predicted octanol–water partition coefficient (Wildman–Crippen LogP) is 11.6. The molecule has 3 aromatic carbocycles. The van der Waals surface area contributed by atoms with Crippen LogP contribution in [0.4, 0.5) is 17.5 Å². The number of nitrogens with two attached hydrogens (primary N) is 2. The van der Waals surface area contributed by atoms with Gasteiger partial charge in [0.1, 0.15) is 28.9 Å². The number of hydrazone groups is 2. The molecule has 6 aromatic rings. The molecule has 6 heterocycles. The van der Waals surface area contributed by atoms with Crippen LogP contribution < -0.4 is 22.2 Å². The molecule has 0 unspecified atom stereocenters. The summed E-state index contributed by atoms with van der Waals surface area (Å²) in [5.74, 6) is -0.214. The molecule has 25 heteroatoms. The molecular weight excluding hydrogens is 1200 g/mol. The number of amides is 3. The Hall–Kier alpha value is -5.87. The lowest BCUT2D eigenvalue weighted by Crippen LogP contribution is -2.41. The van der Waals surface area contributed by atoms with Crippen molar-refractivity contribution >= 4 is 151 Å². The van der Waals surface area contributed by atoms with Crippen LogP contribution in [0.2, 0.25) is 30.1 Å². The van der Waals surface area contributed by atoms with Crippen LogP contribution in [0.25, 0.3) is 0 Å². The summed E-state index contributed by atoms with van der Waals surface area (Å²) < 4.78 is 11.8. The van der Waals surface area contributed by atoms with E-state index in [2.05, 4.69) is 46.4 Å². The summed E-state index contributed by atoms with van der Waals surface area (Å²) in [7, 11) is 2.62. The van der Waals surface area contributed by atoms with Gasteiger partial charge in [-0.25, -0.2) is 29.8 Å². The Morgan fingerprint density at radius 3 is 1.38 bits per heavy atom. The first-order chi connectivity index (χ1) is 37.2. The van der Waals surface area contributed by atoms with E-state index < -0.39 is 5.97 Å². The van der Waals surface area contributed by atoms with E-state index >= 15 is 0 Å². The van der Waals surface area contributed by atoms with Crippen molar-refractivity contribution in [2.24, 2.45) is 10.2 Å². The molecule has 0 radical (unpaired) electrons. The average molecular weight is 1260 g/mol. The number of carbonyl (C=O) groups excluding carboxylic acids is 3. The SMILES string of the molecule is CC1(C)OB(c2ccc(N)nc2)OC1(C)C.CN1N=C(C(=O)Nc2ccc(Cc3cc(Cl)cc(Cl)c3)cn2)CCC1=O.CN1N=C(C(=O)O)CCC1=O.Clc1cc(Cl)cc(CBr)c1.Nc1ccc(Cc2cc(Cl)cc(Cl)c2)cn1. The zero-order valence-corrected chi connectivity index (χ0v) is 49.9. The number of carbonyl (C=O) groups is 4. The van der Waals surface area contributed by atoms with Gasteiger partial charge < -0.3 is 31.2 Å². The second-order valence-electron chi connectivity index (χ2n) is 18.8. The van der Waals surface area contributed by atoms with E-state index in [9.17, 15) is 19.2 Å². The number of hydrogen-bond acceptors (Lipinski definition) is 13. The van der Waals surface area contributed by atoms with Gasteiger partial charge in [0, 0.05) is 99.3 Å². The first-order valence-corrected chi connectivity index (χ1v) is 27.4. The maximum Gasteiger partial charge on any atom is 0.496 e. The van der Waals surface area contributed by atoms with Crippen molar-refractivity contribution in [3.05, 3.63) is 168 Å². The number of carboxylic acids is 1. The zero-order valence-electron chi connectivity index (χ0n) is 43.7. The lowest BCUT2D eigenvalue weighted by Gasteiger charge is -2.32. The summed E-state index contributed by atoms with van der Waals surface area (Å²) in [6, 6.07) is 27.3. The minimum Gasteiger partial charge on any atom is -0.477 e. The molecule has 0 atom stereocenters. The van der Waals surface area contributed by atoms with Crippen LogP contribution >= 0.6 is 85.5 Å². The summed E-state index contributed by atoms with van der Waals surface area (Å²) in [6.07, 6.45) is 7.57. The van der Waals surface area contributed by atoms with Gasteiger partial charge in [0.25, 0.3) is 5.91 Å². The van der Waals surface area contributed by atoms with Crippen LogP contribution in [0.5, 0.6) is 0 Å². The van der Waals surface area contributed by atoms with Crippen molar-refractivity contribution in [1.82, 2.24) is 25.0 Å².